The first-order valence-electron chi connectivity index (χ1n) is 1.66. The molecule has 0 rings (SSSR count). The van der Waals surface area contributed by atoms with Gasteiger partial charge < -0.3 is 9.76 Å². The maximum Gasteiger partial charge on any atom is 0.318 e. The second-order valence-corrected chi connectivity index (χ2v) is 0.683. The summed E-state index contributed by atoms with van der Waals surface area (Å²) in [5, 5.41) is 7.96. The van der Waals surface area contributed by atoms with Crippen LogP contribution in [0.5, 0.6) is 0 Å². The Hall–Kier alpha value is 0.0499. The van der Waals surface area contributed by atoms with Crippen LogP contribution in [0.4, 0.5) is 0 Å². The third-order valence-electron chi connectivity index (χ3n) is 0.289. The zero-order valence-corrected chi connectivity index (χ0v) is 3.42. The van der Waals surface area contributed by atoms with Gasteiger partial charge in [-0.05, 0) is 6.51 Å². The Bertz CT molecular complexity index is 21.5. The van der Waals surface area contributed by atoms with Crippen molar-refractivity contribution in [3.05, 3.63) is 0 Å². The van der Waals surface area contributed by atoms with Crippen molar-refractivity contribution in [3.8, 4) is 0 Å². The van der Waals surface area contributed by atoms with E-state index in [1.807, 2.05) is 0 Å². The van der Waals surface area contributed by atoms with Gasteiger partial charge in [0.2, 0.25) is 0 Å². The number of rotatable bonds is 3. The molecule has 0 aromatic carbocycles. The predicted molar refractivity (Wildman–Crippen MR) is 24.5 cm³/mol. The maximum atomic E-state index is 7.96. The molecular formula is C2H5B2O2. The molecule has 4 heteroatoms. The number of hydrogen-bond donors (Lipinski definition) is 1. The summed E-state index contributed by atoms with van der Waals surface area (Å²) in [6.45, 7) is 0.0672. The summed E-state index contributed by atoms with van der Waals surface area (Å²) in [5.74, 6) is 0. The van der Waals surface area contributed by atoms with E-state index < -0.39 is 0 Å². The van der Waals surface area contributed by atoms with Gasteiger partial charge in [-0.25, -0.2) is 0 Å². The van der Waals surface area contributed by atoms with E-state index in [4.69, 9.17) is 13.0 Å². The quantitative estimate of drug-likeness (QED) is 0.339. The van der Waals surface area contributed by atoms with Crippen LogP contribution in [0.2, 0.25) is 0 Å². The minimum absolute atomic E-state index is 0.0722. The van der Waals surface area contributed by atoms with Crippen LogP contribution in [0.1, 0.15) is 0 Å². The zero-order chi connectivity index (χ0) is 4.83. The Morgan fingerprint density at radius 1 is 1.83 bits per heavy atom. The van der Waals surface area contributed by atoms with Crippen LogP contribution in [0.3, 0.4) is 0 Å². The van der Waals surface area contributed by atoms with Crippen molar-refractivity contribution in [2.75, 3.05) is 13.0 Å². The van der Waals surface area contributed by atoms with Gasteiger partial charge in [-0.3, -0.25) is 0 Å². The van der Waals surface area contributed by atoms with Gasteiger partial charge in [0.1, 0.15) is 7.85 Å². The summed E-state index contributed by atoms with van der Waals surface area (Å²) in [7, 11) is 6.09. The SMILES string of the molecule is [B]CO[B]CO. The first-order chi connectivity index (χ1) is 2.91. The lowest BCUT2D eigenvalue weighted by molar-refractivity contribution is 0.322. The second kappa shape index (κ2) is 5.05. The average molecular weight is 82.7 g/mol. The second-order valence-electron chi connectivity index (χ2n) is 0.683. The summed E-state index contributed by atoms with van der Waals surface area (Å²) in [6.07, 6.45) is 0. The molecule has 0 fully saturated rings. The van der Waals surface area contributed by atoms with Gasteiger partial charge in [0.25, 0.3) is 0 Å². The molecule has 0 aromatic heterocycles. The van der Waals surface area contributed by atoms with Gasteiger partial charge in [-0.2, -0.15) is 0 Å². The molecule has 0 spiro atoms. The maximum absolute atomic E-state index is 7.96. The molecule has 0 saturated carbocycles. The van der Waals surface area contributed by atoms with E-state index in [1.54, 1.807) is 0 Å². The van der Waals surface area contributed by atoms with Crippen molar-refractivity contribution in [2.45, 2.75) is 0 Å². The van der Waals surface area contributed by atoms with E-state index >= 15 is 0 Å². The average Bonchev–Trinajstić information content (AvgIpc) is 1.61. The van der Waals surface area contributed by atoms with Gasteiger partial charge in [0.05, 0.1) is 0 Å². The fourth-order valence-electron chi connectivity index (χ4n) is 0.121. The molecule has 0 saturated heterocycles. The molecular weight excluding hydrogens is 77.6 g/mol. The summed E-state index contributed by atoms with van der Waals surface area (Å²) < 4.78 is 4.39. The Morgan fingerprint density at radius 3 is 2.67 bits per heavy atom. The van der Waals surface area contributed by atoms with Gasteiger partial charge in [0, 0.05) is 6.51 Å². The van der Waals surface area contributed by atoms with Crippen LogP contribution in [-0.2, 0) is 4.65 Å². The summed E-state index contributed by atoms with van der Waals surface area (Å²) in [6, 6.07) is 0. The third kappa shape index (κ3) is 4.05. The van der Waals surface area contributed by atoms with E-state index in [0.29, 0.717) is 0 Å². The predicted octanol–water partition coefficient (Wildman–Crippen LogP) is -1.30. The molecule has 0 bridgehead atoms. The van der Waals surface area contributed by atoms with E-state index in [9.17, 15) is 0 Å². The van der Waals surface area contributed by atoms with Crippen LogP contribution < -0.4 is 0 Å². The highest BCUT2D eigenvalue weighted by atomic mass is 16.4. The Balaban J connectivity index is 2.34. The molecule has 31 valence electrons. The van der Waals surface area contributed by atoms with E-state index in [1.165, 1.54) is 7.48 Å². The fraction of sp³-hybridized carbons (Fsp3) is 1.00. The van der Waals surface area contributed by atoms with E-state index in [0.717, 1.165) is 0 Å². The lowest BCUT2D eigenvalue weighted by atomic mass is 10.0. The molecule has 0 amide bonds. The highest BCUT2D eigenvalue weighted by Crippen LogP contribution is 1.58. The topological polar surface area (TPSA) is 29.5 Å². The molecule has 0 aliphatic heterocycles. The molecule has 0 unspecified atom stereocenters. The molecule has 0 aliphatic carbocycles. The number of aliphatic hydroxyl groups is 1. The molecule has 3 radical (unpaired) electrons. The molecule has 0 heterocycles. The Labute approximate surface area is 39.2 Å². The van der Waals surface area contributed by atoms with Crippen molar-refractivity contribution >= 4 is 15.3 Å². The fourth-order valence-corrected chi connectivity index (χ4v) is 0.121. The summed E-state index contributed by atoms with van der Waals surface area (Å²) >= 11 is 0. The molecule has 1 N–H and O–H groups in total. The van der Waals surface area contributed by atoms with Crippen molar-refractivity contribution in [3.63, 3.8) is 0 Å². The lowest BCUT2D eigenvalue weighted by Crippen LogP contribution is -2.04. The van der Waals surface area contributed by atoms with Crippen LogP contribution in [0.15, 0.2) is 0 Å². The van der Waals surface area contributed by atoms with Gasteiger partial charge in [0.15, 0.2) is 0 Å². The van der Waals surface area contributed by atoms with Crippen LogP contribution in [0, 0.1) is 0 Å². The van der Waals surface area contributed by atoms with Gasteiger partial charge >= 0.3 is 7.48 Å². The zero-order valence-electron chi connectivity index (χ0n) is 3.42. The number of hydrogen-bond acceptors (Lipinski definition) is 2. The summed E-state index contributed by atoms with van der Waals surface area (Å²) in [4.78, 5) is 0. The lowest BCUT2D eigenvalue weighted by Gasteiger charge is -1.89. The summed E-state index contributed by atoms with van der Waals surface area (Å²) in [5.41, 5.74) is 0. The minimum atomic E-state index is -0.0722. The molecule has 0 aromatic rings. The Kier molecular flexibility index (Phi) is 5.09. The molecule has 2 nitrogen and oxygen atoms in total. The smallest absolute Gasteiger partial charge is 0.318 e. The molecule has 0 atom stereocenters. The van der Waals surface area contributed by atoms with E-state index in [2.05, 4.69) is 4.65 Å². The third-order valence-corrected chi connectivity index (χ3v) is 0.289. The molecule has 0 aliphatic rings. The first-order valence-corrected chi connectivity index (χ1v) is 1.66. The van der Waals surface area contributed by atoms with Crippen molar-refractivity contribution < 1.29 is 9.76 Å². The van der Waals surface area contributed by atoms with Crippen molar-refractivity contribution in [1.29, 1.82) is 0 Å². The van der Waals surface area contributed by atoms with Crippen LogP contribution >= 0.6 is 0 Å². The number of aliphatic hydroxyl groups excluding tert-OH is 1. The Morgan fingerprint density at radius 2 is 2.50 bits per heavy atom. The van der Waals surface area contributed by atoms with Crippen molar-refractivity contribution in [2.24, 2.45) is 0 Å². The standard InChI is InChI=1S/C2H5B2O2/c3-1-6-4-2-5/h5H,1-2H2. The van der Waals surface area contributed by atoms with Crippen LogP contribution in [-0.4, -0.2) is 33.4 Å². The highest BCUT2D eigenvalue weighted by molar-refractivity contribution is 6.27. The van der Waals surface area contributed by atoms with E-state index in [-0.39, 0.29) is 13.0 Å². The van der Waals surface area contributed by atoms with Gasteiger partial charge in [-0.15, -0.1) is 0 Å². The highest BCUT2D eigenvalue weighted by Gasteiger charge is 1.80. The molecule has 6 heavy (non-hydrogen) atoms. The van der Waals surface area contributed by atoms with Crippen molar-refractivity contribution in [1.82, 2.24) is 0 Å². The monoisotopic (exact) mass is 83.0 g/mol. The van der Waals surface area contributed by atoms with Gasteiger partial charge in [-0.1, -0.05) is 0 Å². The minimum Gasteiger partial charge on any atom is -0.447 e. The normalized spacial score (nSPS) is 8.17. The first kappa shape index (κ1) is 6.05. The van der Waals surface area contributed by atoms with Crippen LogP contribution in [0.25, 0.3) is 0 Å². The largest absolute Gasteiger partial charge is 0.447 e.